The summed E-state index contributed by atoms with van der Waals surface area (Å²) >= 11 is 0. The van der Waals surface area contributed by atoms with Crippen molar-refractivity contribution in [2.24, 2.45) is 32.5 Å². The van der Waals surface area contributed by atoms with Gasteiger partial charge in [-0.15, -0.1) is 0 Å². The van der Waals surface area contributed by atoms with Crippen LogP contribution >= 0.6 is 0 Å². The lowest BCUT2D eigenvalue weighted by molar-refractivity contribution is 0.144. The van der Waals surface area contributed by atoms with Gasteiger partial charge in [0, 0.05) is 6.54 Å². The summed E-state index contributed by atoms with van der Waals surface area (Å²) in [5, 5.41) is 0. The molecule has 2 aromatic rings. The molecule has 262 valence electrons. The van der Waals surface area contributed by atoms with Crippen LogP contribution in [0, 0.1) is 32.5 Å². The number of nitrogens with zero attached hydrogens (tertiary/aromatic N) is 1. The maximum atomic E-state index is 2.54. The fourth-order valence-electron chi connectivity index (χ4n) is 7.59. The minimum Gasteiger partial charge on any atom is -0.305 e. The lowest BCUT2D eigenvalue weighted by Crippen LogP contribution is -2.30. The maximum Gasteiger partial charge on any atom is 0.0227 e. The average Bonchev–Trinajstić information content (AvgIpc) is 2.86. The van der Waals surface area contributed by atoms with E-state index >= 15 is 0 Å². The molecule has 0 fully saturated rings. The van der Waals surface area contributed by atoms with Gasteiger partial charge in [-0.1, -0.05) is 159 Å². The molecule has 0 aliphatic rings. The third-order valence-electron chi connectivity index (χ3n) is 10.5. The molecule has 0 saturated carbocycles. The van der Waals surface area contributed by atoms with Gasteiger partial charge in [0.1, 0.15) is 0 Å². The summed E-state index contributed by atoms with van der Waals surface area (Å²) in [6.45, 7) is 40.1. The van der Waals surface area contributed by atoms with Crippen LogP contribution in [0.1, 0.15) is 183 Å². The van der Waals surface area contributed by atoms with Gasteiger partial charge in [0.15, 0.2) is 0 Å². The van der Waals surface area contributed by atoms with Crippen LogP contribution in [0.15, 0.2) is 48.5 Å². The first kappa shape index (κ1) is 40.6. The molecule has 3 unspecified atom stereocenters. The van der Waals surface area contributed by atoms with E-state index in [-0.39, 0.29) is 27.1 Å². The van der Waals surface area contributed by atoms with Crippen molar-refractivity contribution in [3.8, 4) is 0 Å². The number of hydrogen-bond donors (Lipinski definition) is 0. The summed E-state index contributed by atoms with van der Waals surface area (Å²) in [5.41, 5.74) is 7.40. The Labute approximate surface area is 288 Å². The highest BCUT2D eigenvalue weighted by Crippen LogP contribution is 2.51. The second kappa shape index (κ2) is 14.9. The molecule has 3 atom stereocenters. The van der Waals surface area contributed by atoms with Crippen molar-refractivity contribution in [3.05, 3.63) is 70.8 Å². The zero-order chi connectivity index (χ0) is 35.5. The van der Waals surface area contributed by atoms with E-state index in [1.807, 2.05) is 0 Å². The van der Waals surface area contributed by atoms with Crippen LogP contribution in [0.25, 0.3) is 0 Å². The monoisotopic (exact) mass is 632 g/mol. The molecule has 0 saturated heterocycles. The van der Waals surface area contributed by atoms with Crippen LogP contribution in [0.4, 0.5) is 0 Å². The van der Waals surface area contributed by atoms with Crippen LogP contribution in [0.5, 0.6) is 0 Å². The standard InChI is InChI=1S/C45H77N/c1-40(2,3)29-37(42(7,8)9)34-23-25-35(26-24-34)38(43(10,11)12)31-44(13,14)27-28-45(15,16)39(30-41(4,5)6)36-21-19-33(20-22-36)32-46(17)18/h19-26,37-39H,27-32H2,1-18H3. The molecule has 0 spiro atoms. The lowest BCUT2D eigenvalue weighted by atomic mass is 9.62. The molecule has 1 heteroatoms. The molecular formula is C45H77N. The quantitative estimate of drug-likeness (QED) is 0.213. The molecule has 2 aromatic carbocycles. The Morgan fingerprint density at radius 1 is 0.457 bits per heavy atom. The summed E-state index contributed by atoms with van der Waals surface area (Å²) in [5.74, 6) is 1.61. The maximum absolute atomic E-state index is 2.54. The zero-order valence-electron chi connectivity index (χ0n) is 34.0. The van der Waals surface area contributed by atoms with Gasteiger partial charge in [0.2, 0.25) is 0 Å². The van der Waals surface area contributed by atoms with E-state index in [4.69, 9.17) is 0 Å². The SMILES string of the molecule is CN(C)Cc1ccc(C(CC(C)(C)C)C(C)(C)CCC(C)(C)CC(c2ccc(C(CC(C)(C)C)C(C)(C)C)cc2)C(C)(C)C)cc1. The smallest absolute Gasteiger partial charge is 0.0227 e. The highest BCUT2D eigenvalue weighted by Gasteiger charge is 2.38. The Morgan fingerprint density at radius 2 is 0.804 bits per heavy atom. The summed E-state index contributed by atoms with van der Waals surface area (Å²) in [4.78, 5) is 2.25. The van der Waals surface area contributed by atoms with E-state index in [9.17, 15) is 0 Å². The first-order valence-electron chi connectivity index (χ1n) is 18.4. The molecule has 0 aliphatic carbocycles. The second-order valence-electron chi connectivity index (χ2n) is 21.4. The molecule has 1 nitrogen and oxygen atoms in total. The van der Waals surface area contributed by atoms with Crippen LogP contribution in [0.3, 0.4) is 0 Å². The summed E-state index contributed by atoms with van der Waals surface area (Å²) in [7, 11) is 4.30. The normalized spacial score (nSPS) is 16.1. The fourth-order valence-corrected chi connectivity index (χ4v) is 7.59. The fraction of sp³-hybridized carbons (Fsp3) is 0.733. The Balaban J connectivity index is 2.31. The average molecular weight is 632 g/mol. The highest BCUT2D eigenvalue weighted by atomic mass is 15.0. The van der Waals surface area contributed by atoms with E-state index in [1.54, 1.807) is 0 Å². The summed E-state index contributed by atoms with van der Waals surface area (Å²) in [6.07, 6.45) is 6.09. The Hall–Kier alpha value is -1.60. The van der Waals surface area contributed by atoms with Crippen molar-refractivity contribution in [1.29, 1.82) is 0 Å². The van der Waals surface area contributed by atoms with Crippen molar-refractivity contribution >= 4 is 0 Å². The van der Waals surface area contributed by atoms with E-state index < -0.39 is 0 Å². The van der Waals surface area contributed by atoms with Gasteiger partial charge >= 0.3 is 0 Å². The van der Waals surface area contributed by atoms with Crippen LogP contribution in [0.2, 0.25) is 0 Å². The van der Waals surface area contributed by atoms with E-state index in [2.05, 4.69) is 178 Å². The van der Waals surface area contributed by atoms with Crippen LogP contribution < -0.4 is 0 Å². The Morgan fingerprint density at radius 3 is 1.17 bits per heavy atom. The Bertz CT molecular complexity index is 1180. The minimum atomic E-state index is 0.201. The molecule has 0 aromatic heterocycles. The van der Waals surface area contributed by atoms with Crippen LogP contribution in [-0.4, -0.2) is 19.0 Å². The van der Waals surface area contributed by atoms with E-state index in [0.29, 0.717) is 23.2 Å². The van der Waals surface area contributed by atoms with E-state index in [1.165, 1.54) is 54.4 Å². The van der Waals surface area contributed by atoms with Gasteiger partial charge in [0.25, 0.3) is 0 Å². The van der Waals surface area contributed by atoms with Crippen molar-refractivity contribution in [1.82, 2.24) is 4.90 Å². The third kappa shape index (κ3) is 13.1. The molecule has 0 radical (unpaired) electrons. The largest absolute Gasteiger partial charge is 0.305 e. The summed E-state index contributed by atoms with van der Waals surface area (Å²) in [6, 6.07) is 19.5. The van der Waals surface area contributed by atoms with Crippen molar-refractivity contribution in [3.63, 3.8) is 0 Å². The molecule has 2 rings (SSSR count). The van der Waals surface area contributed by atoms with Crippen molar-refractivity contribution in [2.45, 2.75) is 167 Å². The van der Waals surface area contributed by atoms with Gasteiger partial charge in [-0.05, 0) is 119 Å². The predicted octanol–water partition coefficient (Wildman–Crippen LogP) is 13.9. The molecular weight excluding hydrogens is 555 g/mol. The molecule has 0 aliphatic heterocycles. The first-order chi connectivity index (χ1) is 20.6. The van der Waals surface area contributed by atoms with Crippen molar-refractivity contribution < 1.29 is 0 Å². The zero-order valence-corrected chi connectivity index (χ0v) is 34.0. The molecule has 0 amide bonds. The number of hydrogen-bond acceptors (Lipinski definition) is 1. The van der Waals surface area contributed by atoms with Gasteiger partial charge in [-0.25, -0.2) is 0 Å². The second-order valence-corrected chi connectivity index (χ2v) is 21.4. The minimum absolute atomic E-state index is 0.201. The van der Waals surface area contributed by atoms with Gasteiger partial charge in [-0.3, -0.25) is 0 Å². The molecule has 0 heterocycles. The van der Waals surface area contributed by atoms with Crippen LogP contribution in [-0.2, 0) is 6.54 Å². The third-order valence-corrected chi connectivity index (χ3v) is 10.5. The van der Waals surface area contributed by atoms with Crippen molar-refractivity contribution in [2.75, 3.05) is 14.1 Å². The van der Waals surface area contributed by atoms with Gasteiger partial charge in [-0.2, -0.15) is 0 Å². The van der Waals surface area contributed by atoms with E-state index in [0.717, 1.165) is 6.54 Å². The van der Waals surface area contributed by atoms with Gasteiger partial charge < -0.3 is 4.90 Å². The summed E-state index contributed by atoms with van der Waals surface area (Å²) < 4.78 is 0. The predicted molar refractivity (Wildman–Crippen MR) is 207 cm³/mol. The highest BCUT2D eigenvalue weighted by molar-refractivity contribution is 5.31. The molecule has 46 heavy (non-hydrogen) atoms. The number of benzene rings is 2. The first-order valence-corrected chi connectivity index (χ1v) is 18.4. The molecule has 0 N–H and O–H groups in total. The Kier molecular flexibility index (Phi) is 13.1. The number of rotatable bonds is 13. The van der Waals surface area contributed by atoms with Gasteiger partial charge in [0.05, 0.1) is 0 Å². The topological polar surface area (TPSA) is 3.24 Å². The molecule has 0 bridgehead atoms. The lowest BCUT2D eigenvalue weighted by Gasteiger charge is -2.42.